The molecule has 0 aromatic carbocycles. The van der Waals surface area contributed by atoms with E-state index >= 15 is 0 Å². The lowest BCUT2D eigenvalue weighted by Gasteiger charge is -2.53. The van der Waals surface area contributed by atoms with E-state index in [1.807, 2.05) is 6.92 Å². The smallest absolute Gasteiger partial charge is 0.217 e. The van der Waals surface area contributed by atoms with Crippen molar-refractivity contribution >= 4 is 5.91 Å². The van der Waals surface area contributed by atoms with Gasteiger partial charge in [0.2, 0.25) is 5.91 Å². The summed E-state index contributed by atoms with van der Waals surface area (Å²) in [4.78, 5) is 11.8. The first-order chi connectivity index (χ1) is 10.9. The summed E-state index contributed by atoms with van der Waals surface area (Å²) in [5.74, 6) is 0.573. The van der Waals surface area contributed by atoms with E-state index in [1.54, 1.807) is 6.92 Å². The average molecular weight is 322 g/mol. The number of piperidine rings is 1. The summed E-state index contributed by atoms with van der Waals surface area (Å²) in [5, 5.41) is 17.3. The maximum Gasteiger partial charge on any atom is 0.217 e. The summed E-state index contributed by atoms with van der Waals surface area (Å²) in [5.41, 5.74) is 0.661. The first-order valence-electron chi connectivity index (χ1n) is 8.90. The molecule has 3 N–H and O–H groups in total. The fourth-order valence-electron chi connectivity index (χ4n) is 4.68. The Balaban J connectivity index is 1.86. The number of amides is 1. The summed E-state index contributed by atoms with van der Waals surface area (Å²) in [6, 6.07) is 0. The zero-order valence-corrected chi connectivity index (χ0v) is 14.5. The number of fused-ring (bicyclic) bond motifs is 1. The topological polar surface area (TPSA) is 70.6 Å². The van der Waals surface area contributed by atoms with Crippen molar-refractivity contribution in [2.45, 2.75) is 70.3 Å². The van der Waals surface area contributed by atoms with Crippen molar-refractivity contribution in [2.75, 3.05) is 13.1 Å². The number of rotatable bonds is 2. The molecule has 0 saturated carbocycles. The van der Waals surface area contributed by atoms with Crippen LogP contribution in [-0.2, 0) is 9.53 Å². The number of carbonyl (C=O) groups excluding carboxylic acids is 1. The van der Waals surface area contributed by atoms with E-state index in [2.05, 4.69) is 23.6 Å². The van der Waals surface area contributed by atoms with Gasteiger partial charge in [-0.05, 0) is 57.6 Å². The highest BCUT2D eigenvalue weighted by molar-refractivity contribution is 5.73. The molecule has 2 saturated heterocycles. The third kappa shape index (κ3) is 3.32. The third-order valence-electron chi connectivity index (χ3n) is 5.97. The number of allylic oxidation sites excluding steroid dienone is 1. The van der Waals surface area contributed by atoms with Crippen LogP contribution in [-0.4, -0.2) is 48.0 Å². The van der Waals surface area contributed by atoms with Crippen molar-refractivity contribution in [3.8, 4) is 0 Å². The minimum Gasteiger partial charge on any atom is -0.386 e. The molecule has 0 spiro atoms. The molecule has 1 aliphatic carbocycles. The summed E-state index contributed by atoms with van der Waals surface area (Å²) in [7, 11) is 0. The quantitative estimate of drug-likeness (QED) is 0.672. The molecule has 0 aromatic rings. The van der Waals surface area contributed by atoms with Gasteiger partial charge in [-0.2, -0.15) is 0 Å². The zero-order valence-electron chi connectivity index (χ0n) is 14.5. The monoisotopic (exact) mass is 322 g/mol. The van der Waals surface area contributed by atoms with Gasteiger partial charge in [-0.3, -0.25) is 4.79 Å². The van der Waals surface area contributed by atoms with Gasteiger partial charge in [-0.25, -0.2) is 0 Å². The fraction of sp³-hybridized carbons (Fsp3) is 0.833. The van der Waals surface area contributed by atoms with Crippen molar-refractivity contribution in [3.63, 3.8) is 0 Å². The van der Waals surface area contributed by atoms with Crippen LogP contribution in [0.3, 0.4) is 0 Å². The Labute approximate surface area is 138 Å². The second kappa shape index (κ2) is 6.54. The van der Waals surface area contributed by atoms with Crippen LogP contribution in [0.15, 0.2) is 11.6 Å². The van der Waals surface area contributed by atoms with E-state index in [9.17, 15) is 9.90 Å². The Bertz CT molecular complexity index is 487. The van der Waals surface area contributed by atoms with Gasteiger partial charge in [-0.1, -0.05) is 6.08 Å². The van der Waals surface area contributed by atoms with E-state index in [-0.39, 0.29) is 29.6 Å². The van der Waals surface area contributed by atoms with E-state index in [4.69, 9.17) is 4.74 Å². The van der Waals surface area contributed by atoms with Gasteiger partial charge < -0.3 is 20.5 Å². The van der Waals surface area contributed by atoms with Gasteiger partial charge in [-0.15, -0.1) is 0 Å². The van der Waals surface area contributed by atoms with Gasteiger partial charge in [0, 0.05) is 24.9 Å². The Morgan fingerprint density at radius 3 is 2.96 bits per heavy atom. The van der Waals surface area contributed by atoms with E-state index < -0.39 is 6.10 Å². The maximum absolute atomic E-state index is 11.8. The highest BCUT2D eigenvalue weighted by Gasteiger charge is 2.51. The Morgan fingerprint density at radius 1 is 1.52 bits per heavy atom. The average Bonchev–Trinajstić information content (AvgIpc) is 2.51. The largest absolute Gasteiger partial charge is 0.386 e. The molecule has 0 radical (unpaired) electrons. The molecule has 2 heterocycles. The number of hydrogen-bond acceptors (Lipinski definition) is 4. The standard InChI is InChI=1S/C18H30N2O3/c1-11-6-7-14-17(16(11)22)23-15(13-5-4-8-19-10-13)9-18(14,3)20-12(2)21/h6,13-17,19,22H,4-5,7-10H2,1-3H3,(H,20,21)/t13?,14-,15+,16-,17-,18+/m1/s1. The van der Waals surface area contributed by atoms with Crippen LogP contribution in [0.25, 0.3) is 0 Å². The first kappa shape index (κ1) is 16.9. The molecule has 6 atom stereocenters. The van der Waals surface area contributed by atoms with Gasteiger partial charge in [0.05, 0.1) is 12.2 Å². The van der Waals surface area contributed by atoms with Crippen LogP contribution in [0.1, 0.15) is 46.5 Å². The first-order valence-corrected chi connectivity index (χ1v) is 8.90. The van der Waals surface area contributed by atoms with Crippen LogP contribution in [0.5, 0.6) is 0 Å². The summed E-state index contributed by atoms with van der Waals surface area (Å²) in [6.07, 6.45) is 5.37. The predicted molar refractivity (Wildman–Crippen MR) is 89.0 cm³/mol. The highest BCUT2D eigenvalue weighted by Crippen LogP contribution is 2.44. The third-order valence-corrected chi connectivity index (χ3v) is 5.97. The van der Waals surface area contributed by atoms with E-state index in [1.165, 1.54) is 0 Å². The molecule has 2 aliphatic heterocycles. The lowest BCUT2D eigenvalue weighted by atomic mass is 9.67. The molecule has 0 aromatic heterocycles. The molecular formula is C18H30N2O3. The number of ether oxygens (including phenoxy) is 1. The molecule has 3 aliphatic rings. The molecule has 3 rings (SSSR count). The molecule has 130 valence electrons. The SMILES string of the molecule is CC(=O)N[C@@]1(C)C[C@@H](C2CCCNC2)O[C@H]2[C@H](O)C(C)=CC[C@H]21. The molecule has 1 amide bonds. The normalized spacial score (nSPS) is 44.2. The van der Waals surface area contributed by atoms with Crippen LogP contribution in [0, 0.1) is 11.8 Å². The molecule has 1 unspecified atom stereocenters. The fourth-order valence-corrected chi connectivity index (χ4v) is 4.68. The highest BCUT2D eigenvalue weighted by atomic mass is 16.5. The van der Waals surface area contributed by atoms with Crippen LogP contribution in [0.2, 0.25) is 0 Å². The zero-order chi connectivity index (χ0) is 16.6. The number of carbonyl (C=O) groups is 1. The van der Waals surface area contributed by atoms with Gasteiger partial charge in [0.25, 0.3) is 0 Å². The Kier molecular flexibility index (Phi) is 4.81. The Hall–Kier alpha value is -0.910. The van der Waals surface area contributed by atoms with E-state index in [0.717, 1.165) is 44.3 Å². The van der Waals surface area contributed by atoms with Crippen molar-refractivity contribution < 1.29 is 14.6 Å². The molecular weight excluding hydrogens is 292 g/mol. The van der Waals surface area contributed by atoms with E-state index in [0.29, 0.717) is 5.92 Å². The lowest BCUT2D eigenvalue weighted by molar-refractivity contribution is -0.178. The van der Waals surface area contributed by atoms with Gasteiger partial charge in [0.15, 0.2) is 0 Å². The molecule has 5 nitrogen and oxygen atoms in total. The van der Waals surface area contributed by atoms with Crippen molar-refractivity contribution in [1.29, 1.82) is 0 Å². The second-order valence-corrected chi connectivity index (χ2v) is 7.78. The number of nitrogens with one attached hydrogen (secondary N) is 2. The predicted octanol–water partition coefficient (Wildman–Crippen LogP) is 1.37. The molecule has 0 bridgehead atoms. The molecule has 23 heavy (non-hydrogen) atoms. The minimum atomic E-state index is -0.568. The van der Waals surface area contributed by atoms with Gasteiger partial charge in [0.1, 0.15) is 6.10 Å². The second-order valence-electron chi connectivity index (χ2n) is 7.78. The summed E-state index contributed by atoms with van der Waals surface area (Å²) >= 11 is 0. The van der Waals surface area contributed by atoms with Crippen LogP contribution >= 0.6 is 0 Å². The van der Waals surface area contributed by atoms with Crippen molar-refractivity contribution in [3.05, 3.63) is 11.6 Å². The van der Waals surface area contributed by atoms with Crippen molar-refractivity contribution in [2.24, 2.45) is 11.8 Å². The number of aliphatic hydroxyl groups is 1. The molecule has 2 fully saturated rings. The van der Waals surface area contributed by atoms with Crippen LogP contribution < -0.4 is 10.6 Å². The van der Waals surface area contributed by atoms with Crippen LogP contribution in [0.4, 0.5) is 0 Å². The van der Waals surface area contributed by atoms with Gasteiger partial charge >= 0.3 is 0 Å². The number of hydrogen-bond donors (Lipinski definition) is 3. The maximum atomic E-state index is 11.8. The number of aliphatic hydroxyl groups excluding tert-OH is 1. The summed E-state index contributed by atoms with van der Waals surface area (Å²) in [6.45, 7) is 7.70. The minimum absolute atomic E-state index is 0.00515. The molecule has 5 heteroatoms. The summed E-state index contributed by atoms with van der Waals surface area (Å²) < 4.78 is 6.41. The lowest BCUT2D eigenvalue weighted by Crippen LogP contribution is -2.65. The van der Waals surface area contributed by atoms with Crippen molar-refractivity contribution in [1.82, 2.24) is 10.6 Å². The Morgan fingerprint density at radius 2 is 2.30 bits per heavy atom.